The van der Waals surface area contributed by atoms with Crippen LogP contribution in [0.15, 0.2) is 42.2 Å². The van der Waals surface area contributed by atoms with Gasteiger partial charge in [0.25, 0.3) is 0 Å². The zero-order chi connectivity index (χ0) is 17.8. The Balaban J connectivity index is 1.52. The third-order valence-corrected chi connectivity index (χ3v) is 4.45. The van der Waals surface area contributed by atoms with Crippen LogP contribution in [-0.2, 0) is 0 Å². The topological polar surface area (TPSA) is 94.5 Å². The van der Waals surface area contributed by atoms with Gasteiger partial charge in [-0.15, -0.1) is 0 Å². The molecule has 0 saturated carbocycles. The summed E-state index contributed by atoms with van der Waals surface area (Å²) in [6, 6.07) is 9.53. The van der Waals surface area contributed by atoms with Gasteiger partial charge in [-0.2, -0.15) is 0 Å². The number of aliphatic hydroxyl groups is 1. The number of rotatable bonds is 2. The first-order chi connectivity index (χ1) is 12.6. The molecule has 0 fully saturated rings. The molecule has 0 saturated heterocycles. The zero-order valence-electron chi connectivity index (χ0n) is 13.4. The van der Waals surface area contributed by atoms with Crippen molar-refractivity contribution >= 4 is 28.1 Å². The minimum atomic E-state index is -0.380. The minimum absolute atomic E-state index is 0.0206. The molecule has 5 rings (SSSR count). The number of hydrogen-bond acceptors (Lipinski definition) is 5. The maximum absolute atomic E-state index is 13.4. The summed E-state index contributed by atoms with van der Waals surface area (Å²) in [4.78, 5) is 8.98. The molecular weight excluding hydrogens is 339 g/mol. The van der Waals surface area contributed by atoms with Crippen LogP contribution in [0, 0.1) is 11.2 Å². The Morgan fingerprint density at radius 3 is 2.88 bits per heavy atom. The number of aromatic nitrogens is 2. The van der Waals surface area contributed by atoms with E-state index in [1.165, 1.54) is 12.1 Å². The van der Waals surface area contributed by atoms with E-state index in [1.807, 2.05) is 0 Å². The molecule has 0 aliphatic carbocycles. The number of aromatic amines is 1. The summed E-state index contributed by atoms with van der Waals surface area (Å²) in [5.41, 5.74) is 2.06. The molecule has 3 heterocycles. The zero-order valence-corrected chi connectivity index (χ0v) is 13.4. The van der Waals surface area contributed by atoms with Crippen LogP contribution in [0.5, 0.6) is 11.5 Å². The van der Waals surface area contributed by atoms with E-state index >= 15 is 0 Å². The molecule has 2 aromatic carbocycles. The number of hydrogen-bond donors (Lipinski definition) is 3. The van der Waals surface area contributed by atoms with Crippen LogP contribution in [0.4, 0.5) is 10.1 Å². The molecule has 0 radical (unpaired) electrons. The second-order valence-electron chi connectivity index (χ2n) is 6.04. The summed E-state index contributed by atoms with van der Waals surface area (Å²) in [5.74, 6) is 1.32. The van der Waals surface area contributed by atoms with E-state index in [4.69, 9.17) is 14.9 Å². The third kappa shape index (κ3) is 2.12. The van der Waals surface area contributed by atoms with Gasteiger partial charge in [0, 0.05) is 11.8 Å². The van der Waals surface area contributed by atoms with Crippen molar-refractivity contribution in [3.05, 3.63) is 53.8 Å². The van der Waals surface area contributed by atoms with Gasteiger partial charge < -0.3 is 24.5 Å². The third-order valence-electron chi connectivity index (χ3n) is 4.45. The predicted octanol–water partition coefficient (Wildman–Crippen LogP) is 3.20. The number of aliphatic hydroxyl groups excluding tert-OH is 1. The van der Waals surface area contributed by atoms with Gasteiger partial charge >= 0.3 is 0 Å². The van der Waals surface area contributed by atoms with Gasteiger partial charge in [0.15, 0.2) is 11.5 Å². The Morgan fingerprint density at radius 1 is 1.15 bits per heavy atom. The second kappa shape index (κ2) is 5.22. The SMILES string of the molecule is N=C1C(c2nc3ccc(F)cc3[nH]2)=C(O)CN1c1ccc2c(c1)OCO2. The van der Waals surface area contributed by atoms with E-state index in [-0.39, 0.29) is 30.7 Å². The largest absolute Gasteiger partial charge is 0.509 e. The van der Waals surface area contributed by atoms with Gasteiger partial charge in [-0.1, -0.05) is 0 Å². The number of benzene rings is 2. The van der Waals surface area contributed by atoms with Crippen molar-refractivity contribution in [3.63, 3.8) is 0 Å². The van der Waals surface area contributed by atoms with Crippen molar-refractivity contribution in [3.8, 4) is 11.5 Å². The van der Waals surface area contributed by atoms with E-state index in [0.29, 0.717) is 39.6 Å². The van der Waals surface area contributed by atoms with Gasteiger partial charge in [0.05, 0.1) is 23.2 Å². The highest BCUT2D eigenvalue weighted by Gasteiger charge is 2.32. The molecule has 130 valence electrons. The maximum atomic E-state index is 13.4. The van der Waals surface area contributed by atoms with E-state index in [1.54, 1.807) is 29.2 Å². The Morgan fingerprint density at radius 2 is 2.00 bits per heavy atom. The molecule has 2 aliphatic rings. The molecule has 0 spiro atoms. The number of nitrogens with zero attached hydrogens (tertiary/aromatic N) is 2. The number of ether oxygens (including phenoxy) is 2. The summed E-state index contributed by atoms with van der Waals surface area (Å²) in [5, 5.41) is 18.9. The molecule has 3 N–H and O–H groups in total. The number of anilines is 1. The van der Waals surface area contributed by atoms with Crippen molar-refractivity contribution in [2.24, 2.45) is 0 Å². The smallest absolute Gasteiger partial charge is 0.231 e. The first-order valence-corrected chi connectivity index (χ1v) is 7.94. The molecule has 1 aromatic heterocycles. The fraction of sp³-hybridized carbons (Fsp3) is 0.111. The fourth-order valence-electron chi connectivity index (χ4n) is 3.20. The number of imidazole rings is 1. The molecule has 3 aromatic rings. The molecule has 8 heteroatoms. The molecule has 7 nitrogen and oxygen atoms in total. The molecular formula is C18H13FN4O3. The second-order valence-corrected chi connectivity index (χ2v) is 6.04. The standard InChI is InChI=1S/C18H13FN4O3/c19-9-1-3-11-12(5-9)22-18(21-11)16-13(24)7-23(17(16)20)10-2-4-14-15(6-10)26-8-25-14/h1-6,20,24H,7-8H2,(H,21,22). The lowest BCUT2D eigenvalue weighted by Gasteiger charge is -2.18. The summed E-state index contributed by atoms with van der Waals surface area (Å²) < 4.78 is 24.1. The van der Waals surface area contributed by atoms with E-state index < -0.39 is 0 Å². The van der Waals surface area contributed by atoms with Gasteiger partial charge in [-0.3, -0.25) is 5.41 Å². The van der Waals surface area contributed by atoms with E-state index in [9.17, 15) is 9.50 Å². The van der Waals surface area contributed by atoms with Crippen LogP contribution in [-0.4, -0.2) is 34.2 Å². The van der Waals surface area contributed by atoms with Crippen LogP contribution >= 0.6 is 0 Å². The first-order valence-electron chi connectivity index (χ1n) is 7.94. The van der Waals surface area contributed by atoms with Crippen molar-refractivity contribution in [1.82, 2.24) is 9.97 Å². The first kappa shape index (κ1) is 14.8. The summed E-state index contributed by atoms with van der Waals surface area (Å²) in [7, 11) is 0. The van der Waals surface area contributed by atoms with Crippen molar-refractivity contribution in [2.45, 2.75) is 0 Å². The molecule has 26 heavy (non-hydrogen) atoms. The number of nitrogens with one attached hydrogen (secondary N) is 2. The Hall–Kier alpha value is -3.55. The highest BCUT2D eigenvalue weighted by Crippen LogP contribution is 2.38. The summed E-state index contributed by atoms with van der Waals surface area (Å²) >= 11 is 0. The monoisotopic (exact) mass is 352 g/mol. The predicted molar refractivity (Wildman–Crippen MR) is 93.2 cm³/mol. The van der Waals surface area contributed by atoms with Crippen LogP contribution in [0.1, 0.15) is 5.82 Å². The fourth-order valence-corrected chi connectivity index (χ4v) is 3.20. The lowest BCUT2D eigenvalue weighted by Crippen LogP contribution is -2.26. The summed E-state index contributed by atoms with van der Waals surface area (Å²) in [6.07, 6.45) is 0. The van der Waals surface area contributed by atoms with Gasteiger partial charge in [-0.05, 0) is 30.3 Å². The Labute approximate surface area is 146 Å². The quantitative estimate of drug-likeness (QED) is 0.658. The van der Waals surface area contributed by atoms with Crippen LogP contribution in [0.3, 0.4) is 0 Å². The van der Waals surface area contributed by atoms with Crippen LogP contribution < -0.4 is 14.4 Å². The molecule has 0 unspecified atom stereocenters. The minimum Gasteiger partial charge on any atom is -0.509 e. The normalized spacial score (nSPS) is 16.2. The Kier molecular flexibility index (Phi) is 2.96. The van der Waals surface area contributed by atoms with Gasteiger partial charge in [0.1, 0.15) is 23.2 Å². The number of amidine groups is 1. The lowest BCUT2D eigenvalue weighted by molar-refractivity contribution is 0.174. The van der Waals surface area contributed by atoms with Crippen LogP contribution in [0.2, 0.25) is 0 Å². The van der Waals surface area contributed by atoms with Gasteiger partial charge in [-0.25, -0.2) is 9.37 Å². The van der Waals surface area contributed by atoms with Crippen molar-refractivity contribution in [1.29, 1.82) is 5.41 Å². The van der Waals surface area contributed by atoms with Crippen LogP contribution in [0.25, 0.3) is 16.6 Å². The highest BCUT2D eigenvalue weighted by atomic mass is 19.1. The van der Waals surface area contributed by atoms with Crippen molar-refractivity contribution < 1.29 is 19.0 Å². The number of fused-ring (bicyclic) bond motifs is 2. The number of halogens is 1. The number of H-pyrrole nitrogens is 1. The van der Waals surface area contributed by atoms with Gasteiger partial charge in [0.2, 0.25) is 6.79 Å². The molecule has 0 atom stereocenters. The van der Waals surface area contributed by atoms with E-state index in [2.05, 4.69) is 9.97 Å². The average Bonchev–Trinajstić information content (AvgIpc) is 3.30. The molecule has 0 amide bonds. The average molecular weight is 352 g/mol. The Bertz CT molecular complexity index is 1110. The van der Waals surface area contributed by atoms with Crippen molar-refractivity contribution in [2.75, 3.05) is 18.2 Å². The molecule has 0 bridgehead atoms. The van der Waals surface area contributed by atoms with E-state index in [0.717, 1.165) is 0 Å². The summed E-state index contributed by atoms with van der Waals surface area (Å²) in [6.45, 7) is 0.305. The highest BCUT2D eigenvalue weighted by molar-refractivity contribution is 6.30. The lowest BCUT2D eigenvalue weighted by atomic mass is 10.2. The molecule has 2 aliphatic heterocycles. The maximum Gasteiger partial charge on any atom is 0.231 e.